The van der Waals surface area contributed by atoms with Gasteiger partial charge in [-0.3, -0.25) is 49.1 Å². The molecule has 0 saturated carbocycles. The molecular weight excluding hydrogens is 773 g/mol. The number of fused-ring (bicyclic) bond motifs is 2. The molecule has 1 atom stereocenters. The Hall–Kier alpha value is -6.30. The molecule has 17 nitrogen and oxygen atoms in total. The number of amides is 4. The fourth-order valence-corrected chi connectivity index (χ4v) is 8.21. The number of pyridine rings is 2. The van der Waals surface area contributed by atoms with E-state index < -0.39 is 29.7 Å². The van der Waals surface area contributed by atoms with E-state index in [0.29, 0.717) is 30.9 Å². The summed E-state index contributed by atoms with van der Waals surface area (Å²) in [6.07, 6.45) is 10.8. The van der Waals surface area contributed by atoms with E-state index in [4.69, 9.17) is 18.9 Å². The number of ether oxygens (including phenoxy) is 4. The van der Waals surface area contributed by atoms with E-state index >= 15 is 0 Å². The molecule has 2 saturated heterocycles. The summed E-state index contributed by atoms with van der Waals surface area (Å²) in [5, 5.41) is 5.55. The average molecular weight is 821 g/mol. The van der Waals surface area contributed by atoms with E-state index in [1.54, 1.807) is 50.4 Å². The third-order valence-corrected chi connectivity index (χ3v) is 11.4. The molecule has 314 valence electrons. The Bertz CT molecular complexity index is 2400. The van der Waals surface area contributed by atoms with Crippen molar-refractivity contribution < 1.29 is 38.1 Å². The number of imide groups is 2. The van der Waals surface area contributed by atoms with Crippen molar-refractivity contribution in [2.75, 3.05) is 47.1 Å². The third kappa shape index (κ3) is 8.28. The average Bonchev–Trinajstić information content (AvgIpc) is 3.82. The Kier molecular flexibility index (Phi) is 11.8. The number of methoxy groups -OCH3 is 2. The first kappa shape index (κ1) is 40.5. The Morgan fingerprint density at radius 2 is 1.63 bits per heavy atom. The van der Waals surface area contributed by atoms with Gasteiger partial charge in [-0.05, 0) is 79.5 Å². The maximum atomic E-state index is 13.1. The molecule has 60 heavy (non-hydrogen) atoms. The highest BCUT2D eigenvalue weighted by molar-refractivity contribution is 6.23. The first-order valence-electron chi connectivity index (χ1n) is 20.1. The number of aromatic nitrogens is 2. The van der Waals surface area contributed by atoms with Crippen LogP contribution in [0, 0.1) is 0 Å². The number of carbonyl (C=O) groups is 4. The van der Waals surface area contributed by atoms with Crippen LogP contribution in [0.4, 0.5) is 0 Å². The van der Waals surface area contributed by atoms with Gasteiger partial charge in [0.1, 0.15) is 23.3 Å². The van der Waals surface area contributed by atoms with Crippen LogP contribution in [0.3, 0.4) is 0 Å². The van der Waals surface area contributed by atoms with Crippen molar-refractivity contribution in [2.24, 2.45) is 7.05 Å². The van der Waals surface area contributed by atoms with Gasteiger partial charge in [0, 0.05) is 70.0 Å². The largest absolute Gasteiger partial charge is 0.496 e. The minimum Gasteiger partial charge on any atom is -0.496 e. The molecule has 3 N–H and O–H groups in total. The Morgan fingerprint density at radius 1 is 0.867 bits per heavy atom. The van der Waals surface area contributed by atoms with Gasteiger partial charge in [-0.15, -0.1) is 5.53 Å². The maximum Gasteiger partial charge on any atom is 0.262 e. The number of piperidine rings is 2. The smallest absolute Gasteiger partial charge is 0.262 e. The highest BCUT2D eigenvalue weighted by Gasteiger charge is 2.44. The van der Waals surface area contributed by atoms with E-state index in [1.807, 2.05) is 35.6 Å². The molecular formula is C43H48N8O9. The molecule has 2 fully saturated rings. The van der Waals surface area contributed by atoms with Crippen LogP contribution in [0.1, 0.15) is 64.8 Å². The van der Waals surface area contributed by atoms with E-state index in [2.05, 4.69) is 26.2 Å². The summed E-state index contributed by atoms with van der Waals surface area (Å²) in [6.45, 7) is 3.97. The number of rotatable bonds is 15. The lowest BCUT2D eigenvalue weighted by molar-refractivity contribution is -0.136. The number of carbonyl (C=O) groups excluding carboxylic acids is 4. The molecule has 4 aromatic rings. The molecule has 0 bridgehead atoms. The monoisotopic (exact) mass is 820 g/mol. The zero-order chi connectivity index (χ0) is 41.9. The fourth-order valence-electron chi connectivity index (χ4n) is 8.21. The summed E-state index contributed by atoms with van der Waals surface area (Å²) in [7, 11) is 5.07. The summed E-state index contributed by atoms with van der Waals surface area (Å²) in [5.74, 6) is -0.252. The van der Waals surface area contributed by atoms with Crippen molar-refractivity contribution in [2.45, 2.75) is 57.2 Å². The number of aryl methyl sites for hydroxylation is 1. The number of hydrazine groups is 2. The molecule has 1 unspecified atom stereocenters. The highest BCUT2D eigenvalue weighted by Crippen LogP contribution is 2.38. The molecule has 4 amide bonds. The molecule has 0 aliphatic carbocycles. The highest BCUT2D eigenvalue weighted by atomic mass is 16.5. The second-order valence-corrected chi connectivity index (χ2v) is 15.3. The molecule has 0 spiro atoms. The van der Waals surface area contributed by atoms with Gasteiger partial charge in [0.05, 0.1) is 61.3 Å². The van der Waals surface area contributed by atoms with Gasteiger partial charge in [0.15, 0.2) is 0 Å². The Balaban J connectivity index is 0.769. The standard InChI is InChI=1S/C43H48N8O9/c1-48-23-34(30-10-13-44-21-33(30)41(48)54)26-18-37(57-2)35(38(19-26)58-3)24-49-15-11-28(12-16-49)60-25-27-22-50(47-46-27)14-4-5-17-59-29-6-7-31-32(20-29)43(56)51(42(31)55)36-8-9-39(52)45-40(36)53/h6-7,10,13,18-23,28,36,46-47H,4-5,8-9,11-12,14-17,24-25H2,1-3H3,(H,45,52,53). The van der Waals surface area contributed by atoms with Gasteiger partial charge in [-0.25, -0.2) is 0 Å². The first-order valence-corrected chi connectivity index (χ1v) is 20.1. The predicted octanol–water partition coefficient (Wildman–Crippen LogP) is 3.03. The minimum absolute atomic E-state index is 0.0681. The summed E-state index contributed by atoms with van der Waals surface area (Å²) in [6, 6.07) is 9.60. The topological polar surface area (TPSA) is 186 Å². The van der Waals surface area contributed by atoms with Gasteiger partial charge in [0.2, 0.25) is 11.8 Å². The predicted molar refractivity (Wildman–Crippen MR) is 219 cm³/mol. The Morgan fingerprint density at radius 3 is 2.38 bits per heavy atom. The maximum absolute atomic E-state index is 13.1. The zero-order valence-electron chi connectivity index (χ0n) is 33.8. The molecule has 4 aliphatic heterocycles. The summed E-state index contributed by atoms with van der Waals surface area (Å²) >= 11 is 0. The van der Waals surface area contributed by atoms with Crippen molar-refractivity contribution in [1.82, 2.24) is 40.6 Å². The fraction of sp³-hybridized carbons (Fsp3) is 0.395. The molecule has 2 aromatic heterocycles. The summed E-state index contributed by atoms with van der Waals surface area (Å²) in [4.78, 5) is 70.2. The number of hydrogen-bond donors (Lipinski definition) is 3. The number of nitrogens with one attached hydrogen (secondary N) is 3. The lowest BCUT2D eigenvalue weighted by atomic mass is 9.98. The van der Waals surface area contributed by atoms with Crippen LogP contribution in [-0.4, -0.2) is 107 Å². The first-order chi connectivity index (χ1) is 29.1. The van der Waals surface area contributed by atoms with E-state index in [1.165, 1.54) is 6.07 Å². The van der Waals surface area contributed by atoms with Crippen LogP contribution in [0.25, 0.3) is 21.9 Å². The van der Waals surface area contributed by atoms with Gasteiger partial charge in [0.25, 0.3) is 17.4 Å². The van der Waals surface area contributed by atoms with Crippen molar-refractivity contribution >= 4 is 34.4 Å². The lowest BCUT2D eigenvalue weighted by Gasteiger charge is -2.32. The van der Waals surface area contributed by atoms with E-state index in [-0.39, 0.29) is 35.6 Å². The minimum atomic E-state index is -1.01. The second-order valence-electron chi connectivity index (χ2n) is 15.3. The zero-order valence-corrected chi connectivity index (χ0v) is 33.8. The van der Waals surface area contributed by atoms with Gasteiger partial charge >= 0.3 is 0 Å². The molecule has 2 aromatic carbocycles. The van der Waals surface area contributed by atoms with Gasteiger partial charge in [-0.2, -0.15) is 0 Å². The van der Waals surface area contributed by atoms with Crippen LogP contribution >= 0.6 is 0 Å². The van der Waals surface area contributed by atoms with E-state index in [0.717, 1.165) is 89.5 Å². The quantitative estimate of drug-likeness (QED) is 0.117. The van der Waals surface area contributed by atoms with Crippen LogP contribution in [0.15, 0.2) is 71.7 Å². The Labute approximate surface area is 346 Å². The third-order valence-electron chi connectivity index (χ3n) is 11.4. The number of unbranched alkanes of at least 4 members (excludes halogenated alkanes) is 1. The molecule has 0 radical (unpaired) electrons. The van der Waals surface area contributed by atoms with Crippen LogP contribution < -0.4 is 36.0 Å². The summed E-state index contributed by atoms with van der Waals surface area (Å²) in [5.41, 5.74) is 10.3. The lowest BCUT2D eigenvalue weighted by Crippen LogP contribution is -2.54. The van der Waals surface area contributed by atoms with E-state index in [9.17, 15) is 24.0 Å². The van der Waals surface area contributed by atoms with Crippen LogP contribution in [-0.2, 0) is 27.9 Å². The molecule has 17 heteroatoms. The SMILES string of the molecule is COc1cc(-c2cn(C)c(=O)c3cnccc23)cc(OC)c1CN1CCC(OCC2=CN(CCCCOc3ccc4c(c3)C(=O)N(C3CCC(=O)NC3=O)C4=O)NN2)CC1. The van der Waals surface area contributed by atoms with Crippen molar-refractivity contribution in [3.8, 4) is 28.4 Å². The number of nitrogens with zero attached hydrogens (tertiary/aromatic N) is 5. The van der Waals surface area contributed by atoms with Crippen LogP contribution in [0.2, 0.25) is 0 Å². The van der Waals surface area contributed by atoms with Crippen molar-refractivity contribution in [3.05, 3.63) is 93.9 Å². The summed E-state index contributed by atoms with van der Waals surface area (Å²) < 4.78 is 25.6. The molecule has 6 heterocycles. The van der Waals surface area contributed by atoms with Crippen molar-refractivity contribution in [1.29, 1.82) is 0 Å². The molecule has 4 aliphatic rings. The number of likely N-dealkylation sites (tertiary alicyclic amines) is 1. The van der Waals surface area contributed by atoms with Crippen LogP contribution in [0.5, 0.6) is 17.2 Å². The van der Waals surface area contributed by atoms with Gasteiger partial charge in [-0.1, -0.05) is 0 Å². The van der Waals surface area contributed by atoms with Crippen molar-refractivity contribution in [3.63, 3.8) is 0 Å². The molecule has 8 rings (SSSR count). The normalized spacial score (nSPS) is 18.4. The number of hydrogen-bond acceptors (Lipinski definition) is 14. The number of benzene rings is 2. The van der Waals surface area contributed by atoms with Gasteiger partial charge < -0.3 is 28.9 Å². The second kappa shape index (κ2) is 17.5.